The molecule has 1 saturated heterocycles. The standard InChI is InChI=1S/C25H33N3O5/c1-32-18-10-15(11-18)13-26-20-4-2-3-5-22(20)33-17-6-7-19-16(12-17)14-28(25(19)31)21-8-9-23(29)27-24(21)30/h6-7,12,15,18,20-22,26H,2-5,8-11,13-14H2,1H3,(H,27,29,30)/t15-,18+,20-,21?,22+/m1/s1. The summed E-state index contributed by atoms with van der Waals surface area (Å²) in [5.74, 6) is 0.638. The lowest BCUT2D eigenvalue weighted by atomic mass is 9.81. The van der Waals surface area contributed by atoms with Crippen LogP contribution in [-0.4, -0.2) is 60.6 Å². The van der Waals surface area contributed by atoms with Crippen LogP contribution >= 0.6 is 0 Å². The summed E-state index contributed by atoms with van der Waals surface area (Å²) in [6.45, 7) is 1.37. The second-order valence-electron chi connectivity index (χ2n) is 9.87. The van der Waals surface area contributed by atoms with Gasteiger partial charge >= 0.3 is 0 Å². The number of hydrogen-bond donors (Lipinski definition) is 2. The summed E-state index contributed by atoms with van der Waals surface area (Å²) < 4.78 is 11.8. The largest absolute Gasteiger partial charge is 0.489 e. The number of piperidine rings is 1. The van der Waals surface area contributed by atoms with Crippen LogP contribution in [-0.2, 0) is 20.9 Å². The molecule has 1 unspecified atom stereocenters. The number of carbonyl (C=O) groups is 3. The first-order valence-corrected chi connectivity index (χ1v) is 12.2. The van der Waals surface area contributed by atoms with Gasteiger partial charge in [0, 0.05) is 31.7 Å². The molecule has 2 heterocycles. The van der Waals surface area contributed by atoms with E-state index in [0.717, 1.165) is 50.0 Å². The van der Waals surface area contributed by atoms with Crippen LogP contribution < -0.4 is 15.4 Å². The van der Waals surface area contributed by atoms with Crippen LogP contribution in [0.25, 0.3) is 0 Å². The molecule has 0 spiro atoms. The Morgan fingerprint density at radius 3 is 2.73 bits per heavy atom. The van der Waals surface area contributed by atoms with Crippen molar-refractivity contribution in [2.24, 2.45) is 5.92 Å². The molecule has 2 N–H and O–H groups in total. The van der Waals surface area contributed by atoms with Gasteiger partial charge in [0.2, 0.25) is 11.8 Å². The van der Waals surface area contributed by atoms with Gasteiger partial charge in [-0.15, -0.1) is 0 Å². The van der Waals surface area contributed by atoms with Crippen molar-refractivity contribution in [3.8, 4) is 5.75 Å². The topological polar surface area (TPSA) is 97.0 Å². The average Bonchev–Trinajstić information content (AvgIpc) is 3.09. The van der Waals surface area contributed by atoms with Crippen molar-refractivity contribution in [3.63, 3.8) is 0 Å². The molecule has 2 aliphatic heterocycles. The molecule has 2 saturated carbocycles. The van der Waals surface area contributed by atoms with Crippen molar-refractivity contribution >= 4 is 17.7 Å². The molecule has 3 amide bonds. The van der Waals surface area contributed by atoms with Crippen LogP contribution in [0.2, 0.25) is 0 Å². The highest BCUT2D eigenvalue weighted by Crippen LogP contribution is 2.33. The lowest BCUT2D eigenvalue weighted by Crippen LogP contribution is -2.52. The van der Waals surface area contributed by atoms with Gasteiger partial charge in [-0.2, -0.15) is 0 Å². The highest BCUT2D eigenvalue weighted by molar-refractivity contribution is 6.05. The van der Waals surface area contributed by atoms with Gasteiger partial charge in [-0.25, -0.2) is 0 Å². The molecule has 3 fully saturated rings. The van der Waals surface area contributed by atoms with Crippen LogP contribution in [0.5, 0.6) is 5.75 Å². The van der Waals surface area contributed by atoms with E-state index in [9.17, 15) is 14.4 Å². The maximum Gasteiger partial charge on any atom is 0.255 e. The van der Waals surface area contributed by atoms with E-state index < -0.39 is 6.04 Å². The molecule has 2 aliphatic carbocycles. The van der Waals surface area contributed by atoms with E-state index in [-0.39, 0.29) is 30.2 Å². The lowest BCUT2D eigenvalue weighted by molar-refractivity contribution is -0.136. The van der Waals surface area contributed by atoms with Gasteiger partial charge in [0.15, 0.2) is 0 Å². The minimum atomic E-state index is -0.594. The van der Waals surface area contributed by atoms with E-state index in [4.69, 9.17) is 9.47 Å². The van der Waals surface area contributed by atoms with Crippen LogP contribution in [0.1, 0.15) is 67.3 Å². The van der Waals surface area contributed by atoms with E-state index in [1.165, 1.54) is 6.42 Å². The normalized spacial score (nSPS) is 31.7. The van der Waals surface area contributed by atoms with Crippen molar-refractivity contribution in [3.05, 3.63) is 29.3 Å². The molecule has 0 aromatic heterocycles. The van der Waals surface area contributed by atoms with Gasteiger partial charge < -0.3 is 19.7 Å². The van der Waals surface area contributed by atoms with Gasteiger partial charge in [0.25, 0.3) is 5.91 Å². The van der Waals surface area contributed by atoms with Crippen LogP contribution in [0.15, 0.2) is 18.2 Å². The fourth-order valence-corrected chi connectivity index (χ4v) is 5.62. The summed E-state index contributed by atoms with van der Waals surface area (Å²) in [4.78, 5) is 38.2. The predicted molar refractivity (Wildman–Crippen MR) is 121 cm³/mol. The molecular formula is C25H33N3O5. The fourth-order valence-electron chi connectivity index (χ4n) is 5.62. The van der Waals surface area contributed by atoms with Crippen molar-refractivity contribution < 1.29 is 23.9 Å². The maximum absolute atomic E-state index is 12.9. The molecule has 5 rings (SSSR count). The Balaban J connectivity index is 1.21. The van der Waals surface area contributed by atoms with Gasteiger partial charge in [0.05, 0.1) is 6.10 Å². The van der Waals surface area contributed by atoms with E-state index >= 15 is 0 Å². The predicted octanol–water partition coefficient (Wildman–Crippen LogP) is 2.15. The maximum atomic E-state index is 12.9. The Labute approximate surface area is 194 Å². The van der Waals surface area contributed by atoms with E-state index in [1.807, 2.05) is 18.2 Å². The summed E-state index contributed by atoms with van der Waals surface area (Å²) in [6.07, 6.45) is 7.91. The number of hydrogen-bond acceptors (Lipinski definition) is 6. The molecule has 0 bridgehead atoms. The number of methoxy groups -OCH3 is 1. The molecule has 1 aromatic rings. The molecule has 1 aromatic carbocycles. The third kappa shape index (κ3) is 4.64. The summed E-state index contributed by atoms with van der Waals surface area (Å²) in [5, 5.41) is 6.09. The monoisotopic (exact) mass is 455 g/mol. The first-order chi connectivity index (χ1) is 16.0. The third-order valence-corrected chi connectivity index (χ3v) is 7.68. The Morgan fingerprint density at radius 2 is 1.94 bits per heavy atom. The van der Waals surface area contributed by atoms with Crippen molar-refractivity contribution in [1.29, 1.82) is 0 Å². The number of imide groups is 1. The second kappa shape index (κ2) is 9.43. The zero-order chi connectivity index (χ0) is 22.9. The molecule has 33 heavy (non-hydrogen) atoms. The average molecular weight is 456 g/mol. The van der Waals surface area contributed by atoms with Crippen molar-refractivity contribution in [2.45, 2.75) is 82.2 Å². The minimum Gasteiger partial charge on any atom is -0.489 e. The van der Waals surface area contributed by atoms with Crippen LogP contribution in [0.3, 0.4) is 0 Å². The highest BCUT2D eigenvalue weighted by atomic mass is 16.5. The first kappa shape index (κ1) is 22.3. The SMILES string of the molecule is CO[C@H]1C[C@@H](CN[C@@H]2CCCC[C@@H]2Oc2ccc3c(c2)CN(C2CCC(=O)NC2=O)C3=O)C1. The van der Waals surface area contributed by atoms with E-state index in [0.29, 0.717) is 36.6 Å². The van der Waals surface area contributed by atoms with Gasteiger partial charge in [-0.1, -0.05) is 6.42 Å². The van der Waals surface area contributed by atoms with Gasteiger partial charge in [-0.05, 0) is 74.8 Å². The fraction of sp³-hybridized carbons (Fsp3) is 0.640. The number of carbonyl (C=O) groups excluding carboxylic acids is 3. The van der Waals surface area contributed by atoms with Crippen LogP contribution in [0, 0.1) is 5.92 Å². The molecule has 3 atom stereocenters. The summed E-state index contributed by atoms with van der Waals surface area (Å²) in [6, 6.07) is 5.35. The quantitative estimate of drug-likeness (QED) is 0.612. The number of fused-ring (bicyclic) bond motifs is 1. The Hall–Kier alpha value is -2.45. The Bertz CT molecular complexity index is 929. The number of benzene rings is 1. The Morgan fingerprint density at radius 1 is 1.12 bits per heavy atom. The molecule has 0 radical (unpaired) electrons. The van der Waals surface area contributed by atoms with Gasteiger partial charge in [0.1, 0.15) is 17.9 Å². The smallest absolute Gasteiger partial charge is 0.255 e. The van der Waals surface area contributed by atoms with Crippen molar-refractivity contribution in [1.82, 2.24) is 15.5 Å². The third-order valence-electron chi connectivity index (χ3n) is 7.68. The first-order valence-electron chi connectivity index (χ1n) is 12.2. The Kier molecular flexibility index (Phi) is 6.38. The molecule has 8 nitrogen and oxygen atoms in total. The summed E-state index contributed by atoms with van der Waals surface area (Å²) >= 11 is 0. The summed E-state index contributed by atoms with van der Waals surface area (Å²) in [7, 11) is 1.79. The van der Waals surface area contributed by atoms with Crippen LogP contribution in [0.4, 0.5) is 0 Å². The van der Waals surface area contributed by atoms with Crippen molar-refractivity contribution in [2.75, 3.05) is 13.7 Å². The second-order valence-corrected chi connectivity index (χ2v) is 9.87. The number of rotatable bonds is 7. The number of amides is 3. The molecule has 178 valence electrons. The zero-order valence-electron chi connectivity index (χ0n) is 19.2. The van der Waals surface area contributed by atoms with E-state index in [2.05, 4.69) is 10.6 Å². The molecular weight excluding hydrogens is 422 g/mol. The zero-order valence-corrected chi connectivity index (χ0v) is 19.2. The minimum absolute atomic E-state index is 0.110. The van der Waals surface area contributed by atoms with Gasteiger partial charge in [-0.3, -0.25) is 19.7 Å². The highest BCUT2D eigenvalue weighted by Gasteiger charge is 2.39. The lowest BCUT2D eigenvalue weighted by Gasteiger charge is -2.38. The van der Waals surface area contributed by atoms with E-state index in [1.54, 1.807) is 12.0 Å². The number of nitrogens with one attached hydrogen (secondary N) is 2. The number of ether oxygens (including phenoxy) is 2. The molecule has 8 heteroatoms. The number of nitrogens with zero attached hydrogens (tertiary/aromatic N) is 1. The summed E-state index contributed by atoms with van der Waals surface area (Å²) in [5.41, 5.74) is 1.49. The molecule has 4 aliphatic rings.